The monoisotopic (exact) mass is 219 g/mol. The zero-order valence-corrected chi connectivity index (χ0v) is 9.73. The third-order valence-corrected chi connectivity index (χ3v) is 2.39. The predicted molar refractivity (Wildman–Crippen MR) is 62.1 cm³/mol. The lowest BCUT2D eigenvalue weighted by Gasteiger charge is -2.05. The van der Waals surface area contributed by atoms with Crippen LogP contribution in [0.3, 0.4) is 0 Å². The molecule has 0 aromatic carbocycles. The van der Waals surface area contributed by atoms with E-state index in [1.54, 1.807) is 6.20 Å². The van der Waals surface area contributed by atoms with Crippen LogP contribution >= 0.6 is 0 Å². The second-order valence-corrected chi connectivity index (χ2v) is 4.19. The third kappa shape index (κ3) is 2.97. The van der Waals surface area contributed by atoms with E-state index in [-0.39, 0.29) is 0 Å². The molecule has 0 saturated heterocycles. The Morgan fingerprint density at radius 1 is 1.19 bits per heavy atom. The summed E-state index contributed by atoms with van der Waals surface area (Å²) < 4.78 is 5.72. The van der Waals surface area contributed by atoms with Gasteiger partial charge in [-0.2, -0.15) is 5.10 Å². The van der Waals surface area contributed by atoms with Crippen LogP contribution in [-0.2, 0) is 19.4 Å². The molecule has 0 aliphatic rings. The molecule has 0 radical (unpaired) electrons. The standard InChI is InChI=1S/C12H17N3O/c1-15(2)9-12-6-5-11(16-12)4-3-10-7-8-13-14-10/h5-8H,3-4,9H2,1-2H3,(H,13,14). The SMILES string of the molecule is CN(C)Cc1ccc(CCc2ccn[nH]2)o1. The Hall–Kier alpha value is -1.55. The Balaban J connectivity index is 1.88. The summed E-state index contributed by atoms with van der Waals surface area (Å²) in [4.78, 5) is 2.09. The van der Waals surface area contributed by atoms with Crippen LogP contribution in [0.15, 0.2) is 28.8 Å². The maximum Gasteiger partial charge on any atom is 0.118 e. The smallest absolute Gasteiger partial charge is 0.118 e. The van der Waals surface area contributed by atoms with Crippen molar-refractivity contribution >= 4 is 0 Å². The minimum atomic E-state index is 0.851. The van der Waals surface area contributed by atoms with Crippen LogP contribution in [-0.4, -0.2) is 29.2 Å². The van der Waals surface area contributed by atoms with Gasteiger partial charge in [0.05, 0.1) is 6.54 Å². The molecule has 4 nitrogen and oxygen atoms in total. The molecular weight excluding hydrogens is 202 g/mol. The van der Waals surface area contributed by atoms with Crippen LogP contribution in [0.2, 0.25) is 0 Å². The maximum absolute atomic E-state index is 5.72. The number of hydrogen-bond donors (Lipinski definition) is 1. The van der Waals surface area contributed by atoms with E-state index in [9.17, 15) is 0 Å². The molecule has 0 spiro atoms. The highest BCUT2D eigenvalue weighted by atomic mass is 16.3. The van der Waals surface area contributed by atoms with E-state index in [2.05, 4.69) is 21.2 Å². The van der Waals surface area contributed by atoms with E-state index in [0.29, 0.717) is 0 Å². The highest BCUT2D eigenvalue weighted by Crippen LogP contribution is 2.11. The number of hydrogen-bond acceptors (Lipinski definition) is 3. The molecule has 86 valence electrons. The van der Waals surface area contributed by atoms with Gasteiger partial charge in [-0.25, -0.2) is 0 Å². The van der Waals surface area contributed by atoms with Gasteiger partial charge in [-0.05, 0) is 38.7 Å². The first-order chi connectivity index (χ1) is 7.74. The quantitative estimate of drug-likeness (QED) is 0.834. The molecule has 0 fully saturated rings. The summed E-state index contributed by atoms with van der Waals surface area (Å²) in [6.45, 7) is 0.851. The first-order valence-corrected chi connectivity index (χ1v) is 5.44. The number of H-pyrrole nitrogens is 1. The largest absolute Gasteiger partial charge is 0.465 e. The van der Waals surface area contributed by atoms with E-state index in [4.69, 9.17) is 4.42 Å². The Kier molecular flexibility index (Phi) is 3.41. The fourth-order valence-electron chi connectivity index (χ4n) is 1.64. The third-order valence-electron chi connectivity index (χ3n) is 2.39. The molecule has 0 unspecified atom stereocenters. The van der Waals surface area contributed by atoms with Crippen LogP contribution < -0.4 is 0 Å². The van der Waals surface area contributed by atoms with Crippen LogP contribution in [0.4, 0.5) is 0 Å². The first-order valence-electron chi connectivity index (χ1n) is 5.44. The van der Waals surface area contributed by atoms with Gasteiger partial charge in [-0.15, -0.1) is 0 Å². The Bertz CT molecular complexity index is 417. The number of rotatable bonds is 5. The molecule has 16 heavy (non-hydrogen) atoms. The van der Waals surface area contributed by atoms with Gasteiger partial charge in [-0.1, -0.05) is 0 Å². The summed E-state index contributed by atoms with van der Waals surface area (Å²) in [5, 5.41) is 6.86. The molecule has 2 aromatic heterocycles. The molecule has 0 saturated carbocycles. The molecule has 1 N–H and O–H groups in total. The number of nitrogens with zero attached hydrogens (tertiary/aromatic N) is 2. The Morgan fingerprint density at radius 3 is 2.69 bits per heavy atom. The summed E-state index contributed by atoms with van der Waals surface area (Å²) in [6.07, 6.45) is 3.62. The van der Waals surface area contributed by atoms with Gasteiger partial charge in [0.2, 0.25) is 0 Å². The highest BCUT2D eigenvalue weighted by Gasteiger charge is 2.04. The molecule has 0 atom stereocenters. The molecule has 0 amide bonds. The van der Waals surface area contributed by atoms with Crippen molar-refractivity contribution in [2.24, 2.45) is 0 Å². The summed E-state index contributed by atoms with van der Waals surface area (Å²) in [5.74, 6) is 2.05. The lowest BCUT2D eigenvalue weighted by molar-refractivity contribution is 0.341. The number of furan rings is 1. The van der Waals surface area contributed by atoms with Crippen LogP contribution in [0.25, 0.3) is 0 Å². The molecule has 2 aromatic rings. The Morgan fingerprint density at radius 2 is 2.00 bits per heavy atom. The molecule has 0 aliphatic heterocycles. The summed E-state index contributed by atoms with van der Waals surface area (Å²) in [5.41, 5.74) is 1.14. The van der Waals surface area contributed by atoms with Crippen molar-refractivity contribution in [3.63, 3.8) is 0 Å². The molecule has 4 heteroatoms. The van der Waals surface area contributed by atoms with E-state index >= 15 is 0 Å². The van der Waals surface area contributed by atoms with Gasteiger partial charge >= 0.3 is 0 Å². The fourth-order valence-corrected chi connectivity index (χ4v) is 1.64. The van der Waals surface area contributed by atoms with Gasteiger partial charge in [-0.3, -0.25) is 5.10 Å². The average molecular weight is 219 g/mol. The first kappa shape index (κ1) is 11.0. The fraction of sp³-hybridized carbons (Fsp3) is 0.417. The van der Waals surface area contributed by atoms with Crippen molar-refractivity contribution in [1.82, 2.24) is 15.1 Å². The van der Waals surface area contributed by atoms with Crippen molar-refractivity contribution in [2.75, 3.05) is 14.1 Å². The molecular formula is C12H17N3O. The molecule has 2 heterocycles. The lowest BCUT2D eigenvalue weighted by Crippen LogP contribution is -2.09. The average Bonchev–Trinajstić information content (AvgIpc) is 2.84. The molecule has 0 aliphatic carbocycles. The number of aromatic nitrogens is 2. The second-order valence-electron chi connectivity index (χ2n) is 4.19. The molecule has 0 bridgehead atoms. The van der Waals surface area contributed by atoms with Gasteiger partial charge in [0.1, 0.15) is 11.5 Å². The minimum absolute atomic E-state index is 0.851. The van der Waals surface area contributed by atoms with Gasteiger partial charge in [0, 0.05) is 18.3 Å². The highest BCUT2D eigenvalue weighted by molar-refractivity contribution is 5.09. The number of aromatic amines is 1. The van der Waals surface area contributed by atoms with Crippen LogP contribution in [0.1, 0.15) is 17.2 Å². The predicted octanol–water partition coefficient (Wildman–Crippen LogP) is 1.85. The van der Waals surface area contributed by atoms with Gasteiger partial charge < -0.3 is 9.32 Å². The summed E-state index contributed by atoms with van der Waals surface area (Å²) in [6, 6.07) is 6.08. The lowest BCUT2D eigenvalue weighted by atomic mass is 10.2. The number of aryl methyl sites for hydroxylation is 2. The van der Waals surface area contributed by atoms with Crippen molar-refractivity contribution in [3.8, 4) is 0 Å². The van der Waals surface area contributed by atoms with E-state index < -0.39 is 0 Å². The van der Waals surface area contributed by atoms with Crippen molar-refractivity contribution in [3.05, 3.63) is 41.6 Å². The van der Waals surface area contributed by atoms with Crippen molar-refractivity contribution in [2.45, 2.75) is 19.4 Å². The van der Waals surface area contributed by atoms with E-state index in [1.807, 2.05) is 26.2 Å². The van der Waals surface area contributed by atoms with Gasteiger partial charge in [0.25, 0.3) is 0 Å². The number of nitrogens with one attached hydrogen (secondary N) is 1. The van der Waals surface area contributed by atoms with Crippen LogP contribution in [0.5, 0.6) is 0 Å². The zero-order valence-electron chi connectivity index (χ0n) is 9.73. The Labute approximate surface area is 95.3 Å². The van der Waals surface area contributed by atoms with Gasteiger partial charge in [0.15, 0.2) is 0 Å². The minimum Gasteiger partial charge on any atom is -0.465 e. The van der Waals surface area contributed by atoms with Crippen molar-refractivity contribution < 1.29 is 4.42 Å². The summed E-state index contributed by atoms with van der Waals surface area (Å²) in [7, 11) is 4.07. The topological polar surface area (TPSA) is 45.1 Å². The van der Waals surface area contributed by atoms with E-state index in [1.165, 1.54) is 0 Å². The molecule has 2 rings (SSSR count). The second kappa shape index (κ2) is 4.99. The van der Waals surface area contributed by atoms with Crippen LogP contribution in [0, 0.1) is 0 Å². The zero-order chi connectivity index (χ0) is 11.4. The van der Waals surface area contributed by atoms with Crippen molar-refractivity contribution in [1.29, 1.82) is 0 Å². The normalized spacial score (nSPS) is 11.2. The summed E-state index contributed by atoms with van der Waals surface area (Å²) >= 11 is 0. The maximum atomic E-state index is 5.72. The van der Waals surface area contributed by atoms with E-state index in [0.717, 1.165) is 36.6 Å².